The van der Waals surface area contributed by atoms with Crippen molar-refractivity contribution in [3.8, 4) is 0 Å². The normalized spacial score (nSPS) is 21.8. The molecule has 33 heavy (non-hydrogen) atoms. The van der Waals surface area contributed by atoms with Gasteiger partial charge in [0.25, 0.3) is 18.4 Å². The number of ether oxygens (including phenoxy) is 2. The van der Waals surface area contributed by atoms with Gasteiger partial charge >= 0.3 is 0 Å². The van der Waals surface area contributed by atoms with Crippen LogP contribution in [0.15, 0.2) is 72.8 Å². The van der Waals surface area contributed by atoms with Crippen molar-refractivity contribution in [2.75, 3.05) is 19.5 Å². The Morgan fingerprint density at radius 3 is 1.94 bits per heavy atom. The molecule has 2 aromatic rings. The van der Waals surface area contributed by atoms with Gasteiger partial charge in [-0.25, -0.2) is 0 Å². The van der Waals surface area contributed by atoms with Gasteiger partial charge in [-0.1, -0.05) is 87.5 Å². The summed E-state index contributed by atoms with van der Waals surface area (Å²) >= 11 is 0. The average molecular weight is 491 g/mol. The van der Waals surface area contributed by atoms with Crippen molar-refractivity contribution >= 4 is 28.8 Å². The molecule has 1 aliphatic rings. The van der Waals surface area contributed by atoms with Crippen molar-refractivity contribution < 1.29 is 26.5 Å². The predicted molar refractivity (Wildman–Crippen MR) is 133 cm³/mol. The van der Waals surface area contributed by atoms with Crippen LogP contribution in [-0.4, -0.2) is 54.7 Å². The van der Waals surface area contributed by atoms with Crippen LogP contribution in [0.5, 0.6) is 0 Å². The van der Waals surface area contributed by atoms with E-state index in [0.717, 1.165) is 16.6 Å². The van der Waals surface area contributed by atoms with Crippen LogP contribution >= 0.6 is 0 Å². The van der Waals surface area contributed by atoms with Gasteiger partial charge in [0.05, 0.1) is 19.0 Å². The topological polar surface area (TPSA) is 71.1 Å². The Hall–Kier alpha value is -1.81. The molecular formula is C25H34O6SSi. The van der Waals surface area contributed by atoms with Crippen molar-refractivity contribution in [3.05, 3.63) is 72.8 Å². The van der Waals surface area contributed by atoms with Gasteiger partial charge in [0.15, 0.2) is 6.29 Å². The fourth-order valence-electron chi connectivity index (χ4n) is 4.21. The van der Waals surface area contributed by atoms with Gasteiger partial charge in [-0.05, 0) is 28.4 Å². The van der Waals surface area contributed by atoms with Gasteiger partial charge in [0.2, 0.25) is 0 Å². The first-order valence-corrected chi connectivity index (χ1v) is 14.9. The van der Waals surface area contributed by atoms with Crippen LogP contribution in [0.2, 0.25) is 5.04 Å². The van der Waals surface area contributed by atoms with Gasteiger partial charge < -0.3 is 13.9 Å². The highest BCUT2D eigenvalue weighted by Gasteiger charge is 2.52. The second-order valence-electron chi connectivity index (χ2n) is 9.12. The average Bonchev–Trinajstić information content (AvgIpc) is 2.77. The van der Waals surface area contributed by atoms with E-state index in [1.54, 1.807) is 0 Å². The molecule has 180 valence electrons. The first kappa shape index (κ1) is 25.8. The van der Waals surface area contributed by atoms with Gasteiger partial charge in [-0.2, -0.15) is 8.42 Å². The van der Waals surface area contributed by atoms with Gasteiger partial charge in [0, 0.05) is 6.61 Å². The molecule has 8 heteroatoms. The summed E-state index contributed by atoms with van der Waals surface area (Å²) in [6.07, 6.45) is 3.02. The van der Waals surface area contributed by atoms with E-state index < -0.39 is 36.9 Å². The quantitative estimate of drug-likeness (QED) is 0.305. The zero-order chi connectivity index (χ0) is 24.1. The second-order valence-corrected chi connectivity index (χ2v) is 15.0. The van der Waals surface area contributed by atoms with Crippen LogP contribution < -0.4 is 10.4 Å². The fourth-order valence-corrected chi connectivity index (χ4v) is 9.25. The molecule has 0 fully saturated rings. The minimum absolute atomic E-state index is 0.157. The number of rotatable bonds is 9. The maximum Gasteiger partial charge on any atom is 0.264 e. The number of hydrogen-bond donors (Lipinski definition) is 0. The van der Waals surface area contributed by atoms with E-state index in [0.29, 0.717) is 6.61 Å². The first-order chi connectivity index (χ1) is 15.6. The summed E-state index contributed by atoms with van der Waals surface area (Å²) in [4.78, 5) is 0. The van der Waals surface area contributed by atoms with E-state index in [1.807, 2.05) is 55.5 Å². The number of hydrogen-bond acceptors (Lipinski definition) is 6. The van der Waals surface area contributed by atoms with Gasteiger partial charge in [0.1, 0.15) is 6.10 Å². The largest absolute Gasteiger partial charge is 0.398 e. The maximum absolute atomic E-state index is 11.7. The van der Waals surface area contributed by atoms with E-state index in [2.05, 4.69) is 45.0 Å². The molecule has 2 aromatic carbocycles. The maximum atomic E-state index is 11.7. The Morgan fingerprint density at radius 1 is 0.939 bits per heavy atom. The molecule has 0 N–H and O–H groups in total. The van der Waals surface area contributed by atoms with Crippen LogP contribution in [0, 0.1) is 0 Å². The lowest BCUT2D eigenvalue weighted by Gasteiger charge is -2.46. The Kier molecular flexibility index (Phi) is 8.31. The molecule has 1 aliphatic heterocycles. The van der Waals surface area contributed by atoms with E-state index in [9.17, 15) is 8.42 Å². The molecule has 3 rings (SSSR count). The van der Waals surface area contributed by atoms with Crippen LogP contribution in [0.1, 0.15) is 27.7 Å². The van der Waals surface area contributed by atoms with Crippen LogP contribution in [-0.2, 0) is 28.2 Å². The monoisotopic (exact) mass is 490 g/mol. The third-order valence-corrected chi connectivity index (χ3v) is 11.2. The lowest BCUT2D eigenvalue weighted by Crippen LogP contribution is -2.68. The van der Waals surface area contributed by atoms with Crippen LogP contribution in [0.3, 0.4) is 0 Å². The molecule has 0 spiro atoms. The Bertz CT molecular complexity index is 978. The highest BCUT2D eigenvalue weighted by atomic mass is 32.2. The van der Waals surface area contributed by atoms with Crippen molar-refractivity contribution in [2.45, 2.75) is 51.2 Å². The summed E-state index contributed by atoms with van der Waals surface area (Å²) in [5.74, 6) is 0. The van der Waals surface area contributed by atoms with Crippen molar-refractivity contribution in [3.63, 3.8) is 0 Å². The second kappa shape index (κ2) is 10.6. The summed E-state index contributed by atoms with van der Waals surface area (Å²) in [5.41, 5.74) is 0. The molecule has 0 unspecified atom stereocenters. The van der Waals surface area contributed by atoms with E-state index in [4.69, 9.17) is 18.1 Å². The smallest absolute Gasteiger partial charge is 0.264 e. The molecule has 0 radical (unpaired) electrons. The molecule has 1 heterocycles. The van der Waals surface area contributed by atoms with E-state index in [-0.39, 0.29) is 11.6 Å². The first-order valence-electron chi connectivity index (χ1n) is 11.2. The number of benzene rings is 2. The summed E-state index contributed by atoms with van der Waals surface area (Å²) in [5, 5.41) is 2.03. The minimum Gasteiger partial charge on any atom is -0.398 e. The molecule has 0 saturated carbocycles. The fraction of sp³-hybridized carbons (Fsp3) is 0.440. The molecule has 0 saturated heterocycles. The summed E-state index contributed by atoms with van der Waals surface area (Å²) < 4.78 is 47.3. The third-order valence-electron chi connectivity index (χ3n) is 5.64. The molecule has 0 amide bonds. The van der Waals surface area contributed by atoms with Crippen molar-refractivity contribution in [1.82, 2.24) is 0 Å². The Balaban J connectivity index is 2.09. The highest BCUT2D eigenvalue weighted by Crippen LogP contribution is 2.38. The zero-order valence-corrected chi connectivity index (χ0v) is 21.7. The van der Waals surface area contributed by atoms with Crippen LogP contribution in [0.4, 0.5) is 0 Å². The van der Waals surface area contributed by atoms with E-state index >= 15 is 0 Å². The summed E-state index contributed by atoms with van der Waals surface area (Å²) in [6.45, 7) is 8.77. The standard InChI is InChI=1S/C25H34O6SSi/c1-6-28-24-18-17-22(23(30-24)19-29-32(5,26)27)31-33(25(2,3)4,20-13-9-7-10-14-20)21-15-11-8-12-16-21/h7-18,22-24H,6,19H2,1-5H3/t22-,23+,24-/m0/s1. The molecule has 0 aromatic heterocycles. The van der Waals surface area contributed by atoms with Crippen LogP contribution in [0.25, 0.3) is 0 Å². The van der Waals surface area contributed by atoms with Crippen molar-refractivity contribution in [1.29, 1.82) is 0 Å². The molecule has 6 nitrogen and oxygen atoms in total. The van der Waals surface area contributed by atoms with Gasteiger partial charge in [-0.15, -0.1) is 0 Å². The molecule has 3 atom stereocenters. The molecule has 0 bridgehead atoms. The molecular weight excluding hydrogens is 456 g/mol. The molecule has 0 aliphatic carbocycles. The van der Waals surface area contributed by atoms with Gasteiger partial charge in [-0.3, -0.25) is 4.18 Å². The van der Waals surface area contributed by atoms with E-state index in [1.165, 1.54) is 0 Å². The summed E-state index contributed by atoms with van der Waals surface area (Å²) in [6, 6.07) is 20.5. The third kappa shape index (κ3) is 6.20. The Morgan fingerprint density at radius 2 is 1.48 bits per heavy atom. The SMILES string of the molecule is CCO[C@@H]1C=C[C@H](O[Si](c2ccccc2)(c2ccccc2)C(C)(C)C)[C@@H](COS(C)(=O)=O)O1. The predicted octanol–water partition coefficient (Wildman–Crippen LogP) is 3.23. The minimum atomic E-state index is -3.64. The Labute approximate surface area is 198 Å². The highest BCUT2D eigenvalue weighted by molar-refractivity contribution is 7.85. The lowest BCUT2D eigenvalue weighted by atomic mass is 10.1. The summed E-state index contributed by atoms with van der Waals surface area (Å²) in [7, 11) is -6.51. The zero-order valence-electron chi connectivity index (χ0n) is 19.9. The lowest BCUT2D eigenvalue weighted by molar-refractivity contribution is -0.173. The van der Waals surface area contributed by atoms with Crippen molar-refractivity contribution in [2.24, 2.45) is 0 Å².